The minimum absolute atomic E-state index is 0.591. The fourth-order valence-electron chi connectivity index (χ4n) is 2.70. The van der Waals surface area contributed by atoms with Crippen LogP contribution in [-0.2, 0) is 0 Å². The number of ether oxygens (including phenoxy) is 2. The Balaban J connectivity index is 2.21. The summed E-state index contributed by atoms with van der Waals surface area (Å²) in [7, 11) is 5.43. The number of nitrogens with one attached hydrogen (secondary N) is 1. The van der Waals surface area contributed by atoms with E-state index in [0.717, 1.165) is 11.5 Å². The molecule has 3 atom stereocenters. The molecule has 0 saturated heterocycles. The average molecular weight is 235 g/mol. The third kappa shape index (κ3) is 2.12. The van der Waals surface area contributed by atoms with Crippen molar-refractivity contribution < 1.29 is 9.47 Å². The van der Waals surface area contributed by atoms with Gasteiger partial charge in [0.15, 0.2) is 0 Å². The van der Waals surface area contributed by atoms with Gasteiger partial charge in [-0.25, -0.2) is 0 Å². The van der Waals surface area contributed by atoms with Gasteiger partial charge in [0.2, 0.25) is 0 Å². The Morgan fingerprint density at radius 2 is 2.00 bits per heavy atom. The van der Waals surface area contributed by atoms with Crippen LogP contribution in [0.25, 0.3) is 0 Å². The van der Waals surface area contributed by atoms with E-state index in [4.69, 9.17) is 9.47 Å². The molecule has 2 rings (SSSR count). The molecule has 0 aliphatic heterocycles. The Labute approximate surface area is 103 Å². The molecule has 17 heavy (non-hydrogen) atoms. The summed E-state index contributed by atoms with van der Waals surface area (Å²) in [6, 6.07) is 6.74. The first kappa shape index (κ1) is 12.2. The smallest absolute Gasteiger partial charge is 0.126 e. The zero-order valence-electron chi connectivity index (χ0n) is 11.0. The van der Waals surface area contributed by atoms with Crippen LogP contribution in [0.1, 0.15) is 24.8 Å². The molecule has 0 radical (unpaired) electrons. The van der Waals surface area contributed by atoms with Gasteiger partial charge < -0.3 is 14.8 Å². The number of hydrogen-bond acceptors (Lipinski definition) is 3. The molecule has 94 valence electrons. The lowest BCUT2D eigenvalue weighted by atomic mass is 9.67. The molecule has 1 aromatic carbocycles. The molecule has 1 aromatic rings. The van der Waals surface area contributed by atoms with Crippen molar-refractivity contribution in [3.63, 3.8) is 0 Å². The molecule has 1 saturated carbocycles. The minimum Gasteiger partial charge on any atom is -0.497 e. The molecule has 1 aliphatic carbocycles. The largest absolute Gasteiger partial charge is 0.497 e. The summed E-state index contributed by atoms with van der Waals surface area (Å²) >= 11 is 0. The number of hydrogen-bond donors (Lipinski definition) is 1. The molecule has 0 bridgehead atoms. The van der Waals surface area contributed by atoms with Crippen LogP contribution in [0.15, 0.2) is 18.2 Å². The summed E-state index contributed by atoms with van der Waals surface area (Å²) in [6.07, 6.45) is 1.18. The quantitative estimate of drug-likeness (QED) is 0.869. The summed E-state index contributed by atoms with van der Waals surface area (Å²) in [5.41, 5.74) is 1.30. The predicted molar refractivity (Wildman–Crippen MR) is 68.9 cm³/mol. The van der Waals surface area contributed by atoms with Gasteiger partial charge in [0.05, 0.1) is 14.2 Å². The third-order valence-electron chi connectivity index (χ3n) is 3.99. The van der Waals surface area contributed by atoms with Crippen LogP contribution in [0.4, 0.5) is 0 Å². The summed E-state index contributed by atoms with van der Waals surface area (Å²) in [6.45, 7) is 2.29. The molecule has 0 spiro atoms. The molecule has 3 heteroatoms. The molecule has 0 amide bonds. The highest BCUT2D eigenvalue weighted by molar-refractivity contribution is 5.44. The van der Waals surface area contributed by atoms with Crippen molar-refractivity contribution in [1.29, 1.82) is 0 Å². The van der Waals surface area contributed by atoms with Gasteiger partial charge in [-0.05, 0) is 36.9 Å². The standard InChI is InChI=1S/C14H21NO2/c1-9-12(8-13(9)15-2)11-6-5-10(16-3)7-14(11)17-4/h5-7,9,12-13,15H,8H2,1-4H3. The minimum atomic E-state index is 0.591. The molecule has 0 aromatic heterocycles. The Morgan fingerprint density at radius 3 is 2.53 bits per heavy atom. The fourth-order valence-corrected chi connectivity index (χ4v) is 2.70. The normalized spacial score (nSPS) is 27.4. The topological polar surface area (TPSA) is 30.5 Å². The van der Waals surface area contributed by atoms with Crippen LogP contribution in [0.3, 0.4) is 0 Å². The SMILES string of the molecule is CNC1CC(c2ccc(OC)cc2OC)C1C. The van der Waals surface area contributed by atoms with E-state index in [9.17, 15) is 0 Å². The van der Waals surface area contributed by atoms with Crippen LogP contribution in [-0.4, -0.2) is 27.3 Å². The summed E-state index contributed by atoms with van der Waals surface area (Å²) in [4.78, 5) is 0. The molecular weight excluding hydrogens is 214 g/mol. The van der Waals surface area contributed by atoms with E-state index in [1.165, 1.54) is 12.0 Å². The van der Waals surface area contributed by atoms with Crippen molar-refractivity contribution >= 4 is 0 Å². The maximum atomic E-state index is 5.46. The van der Waals surface area contributed by atoms with Gasteiger partial charge >= 0.3 is 0 Å². The maximum Gasteiger partial charge on any atom is 0.126 e. The van der Waals surface area contributed by atoms with Crippen LogP contribution in [0.2, 0.25) is 0 Å². The summed E-state index contributed by atoms with van der Waals surface area (Å²) in [5.74, 6) is 3.04. The van der Waals surface area contributed by atoms with Crippen molar-refractivity contribution in [1.82, 2.24) is 5.32 Å². The van der Waals surface area contributed by atoms with E-state index in [-0.39, 0.29) is 0 Å². The molecule has 1 aliphatic rings. The maximum absolute atomic E-state index is 5.46. The van der Waals surface area contributed by atoms with Gasteiger partial charge in [0.25, 0.3) is 0 Å². The highest BCUT2D eigenvalue weighted by Gasteiger charge is 2.38. The second kappa shape index (κ2) is 4.96. The van der Waals surface area contributed by atoms with Crippen LogP contribution >= 0.6 is 0 Å². The lowest BCUT2D eigenvalue weighted by Gasteiger charge is -2.43. The highest BCUT2D eigenvalue weighted by atomic mass is 16.5. The molecule has 0 heterocycles. The second-order valence-corrected chi connectivity index (χ2v) is 4.70. The van der Waals surface area contributed by atoms with Gasteiger partial charge in [0.1, 0.15) is 11.5 Å². The van der Waals surface area contributed by atoms with E-state index < -0.39 is 0 Å². The first-order chi connectivity index (χ1) is 8.21. The Kier molecular flexibility index (Phi) is 3.57. The monoisotopic (exact) mass is 235 g/mol. The Morgan fingerprint density at radius 1 is 1.24 bits per heavy atom. The average Bonchev–Trinajstić information content (AvgIpc) is 2.37. The molecule has 1 fully saturated rings. The molecule has 3 nitrogen and oxygen atoms in total. The van der Waals surface area contributed by atoms with Gasteiger partial charge in [0, 0.05) is 12.1 Å². The predicted octanol–water partition coefficient (Wildman–Crippen LogP) is 2.42. The second-order valence-electron chi connectivity index (χ2n) is 4.70. The number of benzene rings is 1. The van der Waals surface area contributed by atoms with Gasteiger partial charge in [-0.1, -0.05) is 13.0 Å². The number of methoxy groups -OCH3 is 2. The van der Waals surface area contributed by atoms with Crippen molar-refractivity contribution in [3.05, 3.63) is 23.8 Å². The number of rotatable bonds is 4. The van der Waals surface area contributed by atoms with Crippen LogP contribution in [0.5, 0.6) is 11.5 Å². The fraction of sp³-hybridized carbons (Fsp3) is 0.571. The van der Waals surface area contributed by atoms with Crippen LogP contribution < -0.4 is 14.8 Å². The van der Waals surface area contributed by atoms with Gasteiger partial charge in [-0.2, -0.15) is 0 Å². The van der Waals surface area contributed by atoms with Crippen molar-refractivity contribution in [2.24, 2.45) is 5.92 Å². The summed E-state index contributed by atoms with van der Waals surface area (Å²) in [5, 5.41) is 3.35. The zero-order valence-corrected chi connectivity index (χ0v) is 11.0. The molecule has 1 N–H and O–H groups in total. The lowest BCUT2D eigenvalue weighted by Crippen LogP contribution is -2.46. The van der Waals surface area contributed by atoms with E-state index in [2.05, 4.69) is 18.3 Å². The zero-order chi connectivity index (χ0) is 12.4. The molecular formula is C14H21NO2. The van der Waals surface area contributed by atoms with E-state index in [0.29, 0.717) is 17.9 Å². The van der Waals surface area contributed by atoms with Crippen molar-refractivity contribution in [3.8, 4) is 11.5 Å². The first-order valence-electron chi connectivity index (χ1n) is 6.10. The molecule has 3 unspecified atom stereocenters. The van der Waals surface area contributed by atoms with Crippen LogP contribution in [0, 0.1) is 5.92 Å². The Hall–Kier alpha value is -1.22. The van der Waals surface area contributed by atoms with E-state index >= 15 is 0 Å². The van der Waals surface area contributed by atoms with Crippen molar-refractivity contribution in [2.75, 3.05) is 21.3 Å². The third-order valence-corrected chi connectivity index (χ3v) is 3.99. The summed E-state index contributed by atoms with van der Waals surface area (Å²) < 4.78 is 10.7. The highest BCUT2D eigenvalue weighted by Crippen LogP contribution is 2.46. The first-order valence-corrected chi connectivity index (χ1v) is 6.10. The lowest BCUT2D eigenvalue weighted by molar-refractivity contribution is 0.190. The Bertz CT molecular complexity index is 392. The van der Waals surface area contributed by atoms with Gasteiger partial charge in [-0.3, -0.25) is 0 Å². The van der Waals surface area contributed by atoms with Crippen molar-refractivity contribution in [2.45, 2.75) is 25.3 Å². The van der Waals surface area contributed by atoms with Gasteiger partial charge in [-0.15, -0.1) is 0 Å². The van der Waals surface area contributed by atoms with E-state index in [1.807, 2.05) is 19.2 Å². The van der Waals surface area contributed by atoms with E-state index in [1.54, 1.807) is 14.2 Å².